The number of hydrogen-bond acceptors (Lipinski definition) is 5. The van der Waals surface area contributed by atoms with Crippen molar-refractivity contribution in [2.75, 3.05) is 30.5 Å². The summed E-state index contributed by atoms with van der Waals surface area (Å²) in [4.78, 5) is 2.23. The first kappa shape index (κ1) is 12.7. The Morgan fingerprint density at radius 2 is 2.11 bits per heavy atom. The molecule has 0 unspecified atom stereocenters. The Bertz CT molecular complexity index is 447. The van der Waals surface area contributed by atoms with Crippen LogP contribution in [0.15, 0.2) is 18.2 Å². The van der Waals surface area contributed by atoms with Crippen LogP contribution in [0.5, 0.6) is 0 Å². The van der Waals surface area contributed by atoms with Crippen LogP contribution in [0.1, 0.15) is 18.4 Å². The molecule has 96 valence electrons. The Kier molecular flexibility index (Phi) is 4.03. The second-order valence-corrected chi connectivity index (χ2v) is 4.51. The summed E-state index contributed by atoms with van der Waals surface area (Å²) in [6, 6.07) is 8.09. The van der Waals surface area contributed by atoms with Gasteiger partial charge in [-0.2, -0.15) is 5.26 Å². The van der Waals surface area contributed by atoms with Gasteiger partial charge < -0.3 is 10.2 Å². The van der Waals surface area contributed by atoms with E-state index in [1.54, 1.807) is 12.1 Å². The maximum absolute atomic E-state index is 9.17. The lowest BCUT2D eigenvalue weighted by molar-refractivity contribution is 0.389. The number of benzene rings is 1. The minimum Gasteiger partial charge on any atom is -0.370 e. The van der Waals surface area contributed by atoms with E-state index in [2.05, 4.69) is 21.8 Å². The molecule has 0 amide bonds. The highest BCUT2D eigenvalue weighted by Gasteiger charge is 2.19. The molecule has 0 aliphatic carbocycles. The third-order valence-corrected chi connectivity index (χ3v) is 3.49. The standard InChI is InChI=1S/C13H18N4O/c1-15-11-4-6-17(7-5-11)13-3-2-12(16-18)8-10(13)9-14/h2-3,8,11,15-16,18H,4-7H2,1H3. The summed E-state index contributed by atoms with van der Waals surface area (Å²) in [7, 11) is 1.99. The number of rotatable bonds is 3. The summed E-state index contributed by atoms with van der Waals surface area (Å²) < 4.78 is 0. The summed E-state index contributed by atoms with van der Waals surface area (Å²) >= 11 is 0. The Morgan fingerprint density at radius 3 is 2.67 bits per heavy atom. The van der Waals surface area contributed by atoms with Crippen molar-refractivity contribution in [1.82, 2.24) is 5.32 Å². The van der Waals surface area contributed by atoms with E-state index in [9.17, 15) is 0 Å². The Balaban J connectivity index is 2.16. The van der Waals surface area contributed by atoms with Gasteiger partial charge in [-0.05, 0) is 38.1 Å². The second-order valence-electron chi connectivity index (χ2n) is 4.51. The van der Waals surface area contributed by atoms with Gasteiger partial charge in [-0.15, -0.1) is 0 Å². The van der Waals surface area contributed by atoms with Crippen LogP contribution in [0, 0.1) is 11.3 Å². The van der Waals surface area contributed by atoms with Crippen LogP contribution in [0.2, 0.25) is 0 Å². The number of nitriles is 1. The molecule has 5 nitrogen and oxygen atoms in total. The zero-order valence-corrected chi connectivity index (χ0v) is 10.5. The highest BCUT2D eigenvalue weighted by molar-refractivity contribution is 5.65. The van der Waals surface area contributed by atoms with Crippen LogP contribution in [0.25, 0.3) is 0 Å². The fourth-order valence-corrected chi connectivity index (χ4v) is 2.38. The first-order valence-corrected chi connectivity index (χ1v) is 6.15. The van der Waals surface area contributed by atoms with Crippen LogP contribution in [0.3, 0.4) is 0 Å². The van der Waals surface area contributed by atoms with Crippen molar-refractivity contribution < 1.29 is 5.21 Å². The number of anilines is 2. The first-order chi connectivity index (χ1) is 8.78. The van der Waals surface area contributed by atoms with Crippen molar-refractivity contribution in [2.45, 2.75) is 18.9 Å². The molecule has 0 saturated carbocycles. The van der Waals surface area contributed by atoms with Gasteiger partial charge in [-0.25, -0.2) is 0 Å². The zero-order chi connectivity index (χ0) is 13.0. The Hall–Kier alpha value is -1.77. The summed E-state index contributed by atoms with van der Waals surface area (Å²) in [5, 5.41) is 21.3. The highest BCUT2D eigenvalue weighted by atomic mass is 16.5. The molecule has 1 aliphatic heterocycles. The quantitative estimate of drug-likeness (QED) is 0.706. The molecule has 1 aromatic carbocycles. The summed E-state index contributed by atoms with van der Waals surface area (Å²) in [5.74, 6) is 0. The van der Waals surface area contributed by atoms with Gasteiger partial charge in [0.2, 0.25) is 0 Å². The number of piperidine rings is 1. The van der Waals surface area contributed by atoms with Crippen LogP contribution in [-0.2, 0) is 0 Å². The predicted octanol–water partition coefficient (Wildman–Crippen LogP) is 1.55. The van der Waals surface area contributed by atoms with Crippen LogP contribution in [0.4, 0.5) is 11.4 Å². The van der Waals surface area contributed by atoms with E-state index >= 15 is 0 Å². The van der Waals surface area contributed by atoms with Gasteiger partial charge in [-0.3, -0.25) is 10.7 Å². The van der Waals surface area contributed by atoms with E-state index < -0.39 is 0 Å². The second kappa shape index (κ2) is 5.71. The number of nitrogens with zero attached hydrogens (tertiary/aromatic N) is 2. The fourth-order valence-electron chi connectivity index (χ4n) is 2.38. The lowest BCUT2D eigenvalue weighted by Crippen LogP contribution is -2.41. The molecule has 1 saturated heterocycles. The molecule has 1 heterocycles. The third kappa shape index (κ3) is 2.55. The largest absolute Gasteiger partial charge is 0.370 e. The van der Waals surface area contributed by atoms with Crippen LogP contribution < -0.4 is 15.7 Å². The van der Waals surface area contributed by atoms with Gasteiger partial charge in [0.15, 0.2) is 0 Å². The maximum atomic E-state index is 9.17. The predicted molar refractivity (Wildman–Crippen MR) is 70.9 cm³/mol. The average molecular weight is 246 g/mol. The summed E-state index contributed by atoms with van der Waals surface area (Å²) in [5.41, 5.74) is 4.15. The van der Waals surface area contributed by atoms with E-state index in [4.69, 9.17) is 10.5 Å². The minimum atomic E-state index is 0.542. The normalized spacial score (nSPS) is 16.4. The molecule has 1 aromatic rings. The van der Waals surface area contributed by atoms with E-state index in [0.29, 0.717) is 17.3 Å². The molecular formula is C13H18N4O. The molecule has 1 fully saturated rings. The summed E-state index contributed by atoms with van der Waals surface area (Å²) in [6.07, 6.45) is 2.17. The molecule has 0 bridgehead atoms. The zero-order valence-electron chi connectivity index (χ0n) is 10.5. The highest BCUT2D eigenvalue weighted by Crippen LogP contribution is 2.26. The van der Waals surface area contributed by atoms with Gasteiger partial charge in [0.1, 0.15) is 6.07 Å². The van der Waals surface area contributed by atoms with Crippen LogP contribution >= 0.6 is 0 Å². The van der Waals surface area contributed by atoms with E-state index in [1.807, 2.05) is 13.1 Å². The van der Waals surface area contributed by atoms with Crippen molar-refractivity contribution in [1.29, 1.82) is 5.26 Å². The smallest absolute Gasteiger partial charge is 0.101 e. The average Bonchev–Trinajstić information content (AvgIpc) is 2.46. The van der Waals surface area contributed by atoms with Crippen molar-refractivity contribution in [2.24, 2.45) is 0 Å². The lowest BCUT2D eigenvalue weighted by atomic mass is 10.0. The molecule has 0 radical (unpaired) electrons. The van der Waals surface area contributed by atoms with Gasteiger partial charge in [-0.1, -0.05) is 0 Å². The van der Waals surface area contributed by atoms with Gasteiger partial charge in [0.25, 0.3) is 0 Å². The Morgan fingerprint density at radius 1 is 1.39 bits per heavy atom. The van der Waals surface area contributed by atoms with Gasteiger partial charge in [0.05, 0.1) is 16.9 Å². The van der Waals surface area contributed by atoms with E-state index in [-0.39, 0.29) is 0 Å². The van der Waals surface area contributed by atoms with Gasteiger partial charge in [0, 0.05) is 19.1 Å². The number of hydrogen-bond donors (Lipinski definition) is 3. The molecular weight excluding hydrogens is 228 g/mol. The molecule has 0 aromatic heterocycles. The van der Waals surface area contributed by atoms with Crippen LogP contribution in [-0.4, -0.2) is 31.4 Å². The van der Waals surface area contributed by atoms with Gasteiger partial charge >= 0.3 is 0 Å². The summed E-state index contributed by atoms with van der Waals surface area (Å²) in [6.45, 7) is 1.90. The van der Waals surface area contributed by atoms with E-state index in [0.717, 1.165) is 31.6 Å². The fraction of sp³-hybridized carbons (Fsp3) is 0.462. The molecule has 3 N–H and O–H groups in total. The third-order valence-electron chi connectivity index (χ3n) is 3.49. The molecule has 2 rings (SSSR count). The first-order valence-electron chi connectivity index (χ1n) is 6.15. The topological polar surface area (TPSA) is 71.3 Å². The molecule has 0 spiro atoms. The maximum Gasteiger partial charge on any atom is 0.101 e. The van der Waals surface area contributed by atoms with E-state index in [1.165, 1.54) is 0 Å². The van der Waals surface area contributed by atoms with Crippen molar-refractivity contribution in [3.05, 3.63) is 23.8 Å². The monoisotopic (exact) mass is 246 g/mol. The van der Waals surface area contributed by atoms with Crippen molar-refractivity contribution >= 4 is 11.4 Å². The molecule has 1 aliphatic rings. The molecule has 18 heavy (non-hydrogen) atoms. The van der Waals surface area contributed by atoms with Crippen molar-refractivity contribution in [3.63, 3.8) is 0 Å². The number of nitrogens with one attached hydrogen (secondary N) is 2. The van der Waals surface area contributed by atoms with Crippen molar-refractivity contribution in [3.8, 4) is 6.07 Å². The minimum absolute atomic E-state index is 0.542. The molecule has 0 atom stereocenters. The lowest BCUT2D eigenvalue weighted by Gasteiger charge is -2.34. The SMILES string of the molecule is CNC1CCN(c2ccc(NO)cc2C#N)CC1. The Labute approximate surface area is 107 Å². The molecule has 5 heteroatoms.